The van der Waals surface area contributed by atoms with E-state index in [1.807, 2.05) is 19.1 Å². The van der Waals surface area contributed by atoms with E-state index >= 15 is 0 Å². The number of alkyl halides is 3. The molecule has 2 aromatic rings. The first-order valence-corrected chi connectivity index (χ1v) is 6.27. The summed E-state index contributed by atoms with van der Waals surface area (Å²) in [6.45, 7) is 1.96. The van der Waals surface area contributed by atoms with Crippen molar-refractivity contribution in [1.29, 1.82) is 0 Å². The van der Waals surface area contributed by atoms with Gasteiger partial charge in [0, 0.05) is 17.8 Å². The summed E-state index contributed by atoms with van der Waals surface area (Å²) in [5.41, 5.74) is 0.398. The SMILES string of the molecule is Cc1cc[n+](CC(=O)Nc2cccc(C(F)(F)F)c2)cc1.[Cl-]. The van der Waals surface area contributed by atoms with Crippen LogP contribution >= 0.6 is 0 Å². The van der Waals surface area contributed by atoms with E-state index in [1.165, 1.54) is 12.1 Å². The van der Waals surface area contributed by atoms with Gasteiger partial charge in [-0.3, -0.25) is 4.79 Å². The number of nitrogens with zero attached hydrogens (tertiary/aromatic N) is 1. The second-order valence-corrected chi connectivity index (χ2v) is 4.67. The molecule has 0 spiro atoms. The highest BCUT2D eigenvalue weighted by molar-refractivity contribution is 5.89. The highest BCUT2D eigenvalue weighted by Gasteiger charge is 2.30. The zero-order valence-electron chi connectivity index (χ0n) is 11.7. The number of anilines is 1. The largest absolute Gasteiger partial charge is 1.00 e. The van der Waals surface area contributed by atoms with Crippen molar-refractivity contribution >= 4 is 11.6 Å². The maximum absolute atomic E-state index is 12.6. The third kappa shape index (κ3) is 5.04. The summed E-state index contributed by atoms with van der Waals surface area (Å²) in [5.74, 6) is -0.386. The second-order valence-electron chi connectivity index (χ2n) is 4.67. The fourth-order valence-corrected chi connectivity index (χ4v) is 1.78. The van der Waals surface area contributed by atoms with Gasteiger partial charge >= 0.3 is 6.18 Å². The lowest BCUT2D eigenvalue weighted by atomic mass is 10.2. The molecule has 1 aromatic carbocycles. The first kappa shape index (κ1) is 18.0. The molecule has 0 aliphatic carbocycles. The quantitative estimate of drug-likeness (QED) is 0.786. The van der Waals surface area contributed by atoms with Crippen molar-refractivity contribution in [2.75, 3.05) is 5.32 Å². The van der Waals surface area contributed by atoms with Gasteiger partial charge in [-0.05, 0) is 30.7 Å². The Morgan fingerprint density at radius 3 is 2.41 bits per heavy atom. The molecule has 0 saturated heterocycles. The molecule has 1 heterocycles. The molecule has 0 aliphatic rings. The number of benzene rings is 1. The van der Waals surface area contributed by atoms with Crippen LogP contribution in [0, 0.1) is 6.92 Å². The maximum Gasteiger partial charge on any atom is 0.416 e. The van der Waals surface area contributed by atoms with Crippen molar-refractivity contribution in [2.45, 2.75) is 19.6 Å². The van der Waals surface area contributed by atoms with Crippen LogP contribution in [0.3, 0.4) is 0 Å². The van der Waals surface area contributed by atoms with Gasteiger partial charge < -0.3 is 17.7 Å². The van der Waals surface area contributed by atoms with E-state index in [0.717, 1.165) is 17.7 Å². The van der Waals surface area contributed by atoms with E-state index in [2.05, 4.69) is 5.32 Å². The summed E-state index contributed by atoms with van der Waals surface area (Å²) >= 11 is 0. The van der Waals surface area contributed by atoms with Crippen LogP contribution in [-0.4, -0.2) is 5.91 Å². The molecule has 1 amide bonds. The molecule has 0 aliphatic heterocycles. The molecule has 7 heteroatoms. The Kier molecular flexibility index (Phi) is 5.93. The first-order valence-electron chi connectivity index (χ1n) is 6.27. The number of amides is 1. The molecule has 0 atom stereocenters. The third-order valence-electron chi connectivity index (χ3n) is 2.86. The topological polar surface area (TPSA) is 33.0 Å². The Hall–Kier alpha value is -2.08. The number of carbonyl (C=O) groups excluding carboxylic acids is 1. The predicted octanol–water partition coefficient (Wildman–Crippen LogP) is -0.0560. The van der Waals surface area contributed by atoms with Crippen molar-refractivity contribution in [3.63, 3.8) is 0 Å². The van der Waals surface area contributed by atoms with E-state index in [-0.39, 0.29) is 30.5 Å². The second kappa shape index (κ2) is 7.26. The van der Waals surface area contributed by atoms with Crippen LogP contribution in [0.2, 0.25) is 0 Å². The molecule has 22 heavy (non-hydrogen) atoms. The van der Waals surface area contributed by atoms with Gasteiger partial charge in [-0.15, -0.1) is 0 Å². The number of hydrogen-bond donors (Lipinski definition) is 1. The number of halogens is 4. The van der Waals surface area contributed by atoms with E-state index in [0.29, 0.717) is 0 Å². The van der Waals surface area contributed by atoms with Crippen molar-refractivity contribution in [3.8, 4) is 0 Å². The molecular weight excluding hydrogens is 317 g/mol. The van der Waals surface area contributed by atoms with E-state index in [9.17, 15) is 18.0 Å². The van der Waals surface area contributed by atoms with Crippen LogP contribution in [0.1, 0.15) is 11.1 Å². The van der Waals surface area contributed by atoms with Gasteiger partial charge in [0.25, 0.3) is 5.91 Å². The van der Waals surface area contributed by atoms with Crippen LogP contribution in [-0.2, 0) is 17.5 Å². The molecule has 3 nitrogen and oxygen atoms in total. The molecule has 0 saturated carbocycles. The Bertz CT molecular complexity index is 642. The van der Waals surface area contributed by atoms with Crippen molar-refractivity contribution in [2.24, 2.45) is 0 Å². The van der Waals surface area contributed by atoms with Crippen molar-refractivity contribution in [3.05, 3.63) is 59.9 Å². The average Bonchev–Trinajstić information content (AvgIpc) is 2.41. The van der Waals surface area contributed by atoms with Gasteiger partial charge in [-0.1, -0.05) is 6.07 Å². The summed E-state index contributed by atoms with van der Waals surface area (Å²) < 4.78 is 39.4. The van der Waals surface area contributed by atoms with Crippen molar-refractivity contribution in [1.82, 2.24) is 0 Å². The molecule has 118 valence electrons. The highest BCUT2D eigenvalue weighted by Crippen LogP contribution is 2.30. The van der Waals surface area contributed by atoms with Gasteiger partial charge in [0.05, 0.1) is 5.56 Å². The van der Waals surface area contributed by atoms with Crippen molar-refractivity contribution < 1.29 is 34.9 Å². The van der Waals surface area contributed by atoms with Gasteiger partial charge in [-0.25, -0.2) is 0 Å². The number of rotatable bonds is 3. The molecule has 0 radical (unpaired) electrons. The lowest BCUT2D eigenvalue weighted by Crippen LogP contribution is -3.00. The van der Waals surface area contributed by atoms with Crippen LogP contribution in [0.4, 0.5) is 18.9 Å². The van der Waals surface area contributed by atoms with Gasteiger partial charge in [0.2, 0.25) is 6.54 Å². The van der Waals surface area contributed by atoms with E-state index < -0.39 is 11.7 Å². The minimum atomic E-state index is -4.42. The summed E-state index contributed by atoms with van der Waals surface area (Å²) in [7, 11) is 0. The Labute approximate surface area is 132 Å². The average molecular weight is 331 g/mol. The fourth-order valence-electron chi connectivity index (χ4n) is 1.78. The number of aromatic nitrogens is 1. The summed E-state index contributed by atoms with van der Waals surface area (Å²) in [5, 5.41) is 2.46. The highest BCUT2D eigenvalue weighted by atomic mass is 35.5. The molecular formula is C15H14ClF3N2O. The molecule has 2 rings (SSSR count). The number of pyridine rings is 1. The Balaban J connectivity index is 0.00000242. The minimum Gasteiger partial charge on any atom is -1.00 e. The van der Waals surface area contributed by atoms with Crippen LogP contribution in [0.5, 0.6) is 0 Å². The molecule has 0 unspecified atom stereocenters. The van der Waals surface area contributed by atoms with Gasteiger partial charge in [0.15, 0.2) is 12.4 Å². The molecule has 0 bridgehead atoms. The Morgan fingerprint density at radius 2 is 1.82 bits per heavy atom. The van der Waals surface area contributed by atoms with Crippen LogP contribution in [0.25, 0.3) is 0 Å². The Morgan fingerprint density at radius 1 is 1.18 bits per heavy atom. The monoisotopic (exact) mass is 330 g/mol. The smallest absolute Gasteiger partial charge is 0.416 e. The zero-order valence-corrected chi connectivity index (χ0v) is 12.4. The number of carbonyl (C=O) groups is 1. The molecule has 1 N–H and O–H groups in total. The molecule has 0 fully saturated rings. The lowest BCUT2D eigenvalue weighted by molar-refractivity contribution is -0.684. The van der Waals surface area contributed by atoms with E-state index in [1.54, 1.807) is 17.0 Å². The van der Waals surface area contributed by atoms with Crippen LogP contribution in [0.15, 0.2) is 48.8 Å². The van der Waals surface area contributed by atoms with Crippen LogP contribution < -0.4 is 22.3 Å². The first-order chi connectivity index (χ1) is 9.84. The molecule has 1 aromatic heterocycles. The third-order valence-corrected chi connectivity index (χ3v) is 2.86. The van der Waals surface area contributed by atoms with E-state index in [4.69, 9.17) is 0 Å². The minimum absolute atomic E-state index is 0. The van der Waals surface area contributed by atoms with Gasteiger partial charge in [0.1, 0.15) is 0 Å². The summed E-state index contributed by atoms with van der Waals surface area (Å²) in [6.07, 6.45) is -0.950. The van der Waals surface area contributed by atoms with Gasteiger partial charge in [-0.2, -0.15) is 17.7 Å². The normalized spacial score (nSPS) is 10.7. The number of nitrogens with one attached hydrogen (secondary N) is 1. The lowest BCUT2D eigenvalue weighted by Gasteiger charge is -2.09. The number of aryl methyl sites for hydroxylation is 1. The maximum atomic E-state index is 12.6. The zero-order chi connectivity index (χ0) is 15.5. The predicted molar refractivity (Wildman–Crippen MR) is 71.4 cm³/mol. The summed E-state index contributed by atoms with van der Waals surface area (Å²) in [4.78, 5) is 11.8. The number of hydrogen-bond acceptors (Lipinski definition) is 1. The summed E-state index contributed by atoms with van der Waals surface area (Å²) in [6, 6.07) is 8.25. The fraction of sp³-hybridized carbons (Fsp3) is 0.200. The standard InChI is InChI=1S/C15H13F3N2O.ClH/c1-11-5-7-20(8-6-11)10-14(21)19-13-4-2-3-12(9-13)15(16,17)18;/h2-9H,10H2,1H3;1H.